The second-order valence-corrected chi connectivity index (χ2v) is 3.67. The SMILES string of the molecule is Cc1c(F)ccc(C(=O)C2CC2)c1F. The van der Waals surface area contributed by atoms with Gasteiger partial charge in [-0.05, 0) is 31.9 Å². The minimum Gasteiger partial charge on any atom is -0.294 e. The fraction of sp³-hybridized carbons (Fsp3) is 0.364. The second-order valence-electron chi connectivity index (χ2n) is 3.67. The average molecular weight is 196 g/mol. The summed E-state index contributed by atoms with van der Waals surface area (Å²) in [6, 6.07) is 2.38. The monoisotopic (exact) mass is 196 g/mol. The Morgan fingerprint density at radius 2 is 2.00 bits per heavy atom. The molecule has 74 valence electrons. The Kier molecular flexibility index (Phi) is 2.10. The first kappa shape index (κ1) is 9.31. The predicted molar refractivity (Wildman–Crippen MR) is 48.1 cm³/mol. The summed E-state index contributed by atoms with van der Waals surface area (Å²) in [5.74, 6) is -1.53. The molecule has 3 heteroatoms. The van der Waals surface area contributed by atoms with Crippen molar-refractivity contribution in [3.05, 3.63) is 34.9 Å². The Morgan fingerprint density at radius 3 is 2.57 bits per heavy atom. The Labute approximate surface area is 80.7 Å². The first-order valence-corrected chi connectivity index (χ1v) is 4.60. The van der Waals surface area contributed by atoms with Crippen molar-refractivity contribution in [1.29, 1.82) is 0 Å². The Morgan fingerprint density at radius 1 is 1.36 bits per heavy atom. The van der Waals surface area contributed by atoms with Gasteiger partial charge in [0.25, 0.3) is 0 Å². The van der Waals surface area contributed by atoms with Crippen LogP contribution in [0.5, 0.6) is 0 Å². The van der Waals surface area contributed by atoms with E-state index in [1.54, 1.807) is 0 Å². The molecule has 2 rings (SSSR count). The molecule has 0 amide bonds. The molecule has 1 saturated carbocycles. The molecule has 1 aromatic rings. The lowest BCUT2D eigenvalue weighted by molar-refractivity contribution is 0.0963. The van der Waals surface area contributed by atoms with Gasteiger partial charge >= 0.3 is 0 Å². The highest BCUT2D eigenvalue weighted by Gasteiger charge is 2.32. The van der Waals surface area contributed by atoms with Gasteiger partial charge in [0.2, 0.25) is 0 Å². The third-order valence-electron chi connectivity index (χ3n) is 2.53. The van der Waals surface area contributed by atoms with Gasteiger partial charge in [-0.15, -0.1) is 0 Å². The summed E-state index contributed by atoms with van der Waals surface area (Å²) in [5.41, 5.74) is -0.0390. The van der Waals surface area contributed by atoms with Crippen molar-refractivity contribution in [2.75, 3.05) is 0 Å². The molecule has 0 unspecified atom stereocenters. The summed E-state index contributed by atoms with van der Waals surface area (Å²) in [6.45, 7) is 1.34. The van der Waals surface area contributed by atoms with Gasteiger partial charge in [0.15, 0.2) is 5.78 Å². The molecule has 0 heterocycles. The van der Waals surface area contributed by atoms with E-state index in [0.717, 1.165) is 18.9 Å². The van der Waals surface area contributed by atoms with E-state index in [1.807, 2.05) is 0 Å². The number of Topliss-reactive ketones (excluding diaryl/α,β-unsaturated/α-hetero) is 1. The van der Waals surface area contributed by atoms with Gasteiger partial charge in [-0.2, -0.15) is 0 Å². The molecule has 0 radical (unpaired) electrons. The van der Waals surface area contributed by atoms with Gasteiger partial charge < -0.3 is 0 Å². The van der Waals surface area contributed by atoms with Crippen LogP contribution in [-0.2, 0) is 0 Å². The van der Waals surface area contributed by atoms with Crippen LogP contribution in [0, 0.1) is 24.5 Å². The number of ketones is 1. The van der Waals surface area contributed by atoms with Crippen molar-refractivity contribution < 1.29 is 13.6 Å². The van der Waals surface area contributed by atoms with E-state index in [9.17, 15) is 13.6 Å². The van der Waals surface area contributed by atoms with Crippen LogP contribution in [0.2, 0.25) is 0 Å². The molecular formula is C11H10F2O. The van der Waals surface area contributed by atoms with E-state index in [4.69, 9.17) is 0 Å². The molecule has 1 aliphatic rings. The second kappa shape index (κ2) is 3.15. The molecule has 1 aliphatic carbocycles. The van der Waals surface area contributed by atoms with Crippen molar-refractivity contribution >= 4 is 5.78 Å². The summed E-state index contributed by atoms with van der Waals surface area (Å²) in [4.78, 5) is 11.5. The molecule has 1 aromatic carbocycles. The maximum atomic E-state index is 13.4. The van der Waals surface area contributed by atoms with E-state index >= 15 is 0 Å². The summed E-state index contributed by atoms with van der Waals surface area (Å²) in [5, 5.41) is 0. The molecule has 0 bridgehead atoms. The lowest BCUT2D eigenvalue weighted by Gasteiger charge is -2.04. The molecule has 0 atom stereocenters. The zero-order valence-corrected chi connectivity index (χ0v) is 7.81. The zero-order chi connectivity index (χ0) is 10.3. The van der Waals surface area contributed by atoms with E-state index in [2.05, 4.69) is 0 Å². The number of carbonyl (C=O) groups excluding carboxylic acids is 1. The van der Waals surface area contributed by atoms with Crippen LogP contribution >= 0.6 is 0 Å². The van der Waals surface area contributed by atoms with Crippen molar-refractivity contribution in [2.45, 2.75) is 19.8 Å². The van der Waals surface area contributed by atoms with Gasteiger partial charge in [0.05, 0.1) is 5.56 Å². The van der Waals surface area contributed by atoms with Crippen molar-refractivity contribution in [3.8, 4) is 0 Å². The van der Waals surface area contributed by atoms with E-state index in [-0.39, 0.29) is 22.8 Å². The Balaban J connectivity index is 2.43. The maximum Gasteiger partial charge on any atom is 0.168 e. The van der Waals surface area contributed by atoms with Crippen LogP contribution in [0.15, 0.2) is 12.1 Å². The smallest absolute Gasteiger partial charge is 0.168 e. The maximum absolute atomic E-state index is 13.4. The summed E-state index contributed by atoms with van der Waals surface area (Å²) in [6.07, 6.45) is 1.66. The summed E-state index contributed by atoms with van der Waals surface area (Å²) in [7, 11) is 0. The molecule has 0 saturated heterocycles. The third-order valence-corrected chi connectivity index (χ3v) is 2.53. The lowest BCUT2D eigenvalue weighted by atomic mass is 10.0. The summed E-state index contributed by atoms with van der Waals surface area (Å²) >= 11 is 0. The fourth-order valence-corrected chi connectivity index (χ4v) is 1.42. The average Bonchev–Trinajstić information content (AvgIpc) is 2.97. The van der Waals surface area contributed by atoms with Crippen LogP contribution < -0.4 is 0 Å². The van der Waals surface area contributed by atoms with E-state index in [1.165, 1.54) is 13.0 Å². The van der Waals surface area contributed by atoms with Crippen molar-refractivity contribution in [1.82, 2.24) is 0 Å². The number of hydrogen-bond donors (Lipinski definition) is 0. The number of benzene rings is 1. The van der Waals surface area contributed by atoms with Crippen LogP contribution in [0.25, 0.3) is 0 Å². The van der Waals surface area contributed by atoms with Gasteiger partial charge in [-0.1, -0.05) is 0 Å². The van der Waals surface area contributed by atoms with Crippen LogP contribution in [0.4, 0.5) is 8.78 Å². The minimum atomic E-state index is -0.707. The highest BCUT2D eigenvalue weighted by Crippen LogP contribution is 2.33. The van der Waals surface area contributed by atoms with Gasteiger partial charge in [0.1, 0.15) is 11.6 Å². The largest absolute Gasteiger partial charge is 0.294 e. The number of hydrogen-bond acceptors (Lipinski definition) is 1. The van der Waals surface area contributed by atoms with Gasteiger partial charge in [-0.25, -0.2) is 8.78 Å². The normalized spacial score (nSPS) is 15.6. The number of carbonyl (C=O) groups is 1. The minimum absolute atomic E-state index is 0.0330. The fourth-order valence-electron chi connectivity index (χ4n) is 1.42. The Bertz CT molecular complexity index is 395. The van der Waals surface area contributed by atoms with Gasteiger partial charge in [-0.3, -0.25) is 4.79 Å². The quantitative estimate of drug-likeness (QED) is 0.665. The summed E-state index contributed by atoms with van der Waals surface area (Å²) < 4.78 is 26.3. The van der Waals surface area contributed by atoms with E-state index < -0.39 is 11.6 Å². The first-order valence-electron chi connectivity index (χ1n) is 4.60. The molecule has 14 heavy (non-hydrogen) atoms. The predicted octanol–water partition coefficient (Wildman–Crippen LogP) is 2.87. The topological polar surface area (TPSA) is 17.1 Å². The molecule has 0 aliphatic heterocycles. The van der Waals surface area contributed by atoms with Crippen LogP contribution in [-0.4, -0.2) is 5.78 Å². The molecule has 0 spiro atoms. The van der Waals surface area contributed by atoms with Gasteiger partial charge in [0, 0.05) is 11.5 Å². The number of halogens is 2. The highest BCUT2D eigenvalue weighted by molar-refractivity contribution is 5.99. The van der Waals surface area contributed by atoms with Crippen molar-refractivity contribution in [3.63, 3.8) is 0 Å². The Hall–Kier alpha value is -1.25. The van der Waals surface area contributed by atoms with Crippen LogP contribution in [0.1, 0.15) is 28.8 Å². The highest BCUT2D eigenvalue weighted by atomic mass is 19.1. The van der Waals surface area contributed by atoms with Crippen molar-refractivity contribution in [2.24, 2.45) is 5.92 Å². The third kappa shape index (κ3) is 1.43. The molecule has 0 aromatic heterocycles. The van der Waals surface area contributed by atoms with E-state index in [0.29, 0.717) is 0 Å². The molecule has 0 N–H and O–H groups in total. The number of rotatable bonds is 2. The molecule has 1 fully saturated rings. The molecular weight excluding hydrogens is 186 g/mol. The van der Waals surface area contributed by atoms with Crippen LogP contribution in [0.3, 0.4) is 0 Å². The standard InChI is InChI=1S/C11H10F2O/c1-6-9(12)5-4-8(10(6)13)11(14)7-2-3-7/h4-5,7H,2-3H2,1H3. The molecule has 1 nitrogen and oxygen atoms in total. The first-order chi connectivity index (χ1) is 6.61. The lowest BCUT2D eigenvalue weighted by Crippen LogP contribution is -2.06. The zero-order valence-electron chi connectivity index (χ0n) is 7.81.